The zero-order valence-electron chi connectivity index (χ0n) is 12.4. The number of thioether (sulfide) groups is 1. The summed E-state index contributed by atoms with van der Waals surface area (Å²) >= 11 is 1.61. The molecule has 110 valence electrons. The Morgan fingerprint density at radius 1 is 1.35 bits per heavy atom. The first-order chi connectivity index (χ1) is 9.58. The summed E-state index contributed by atoms with van der Waals surface area (Å²) in [6, 6.07) is 6.30. The highest BCUT2D eigenvalue weighted by Crippen LogP contribution is 2.26. The molecule has 0 bridgehead atoms. The number of benzene rings is 1. The standard InChI is InChI=1S/C16H24N2OS/c1-12-10-13(17)8-9-15(12)20-11-16(19)18(2)14-6-4-3-5-7-14/h8-10,14H,3-7,11,17H2,1-2H3. The van der Waals surface area contributed by atoms with Gasteiger partial charge in [-0.2, -0.15) is 0 Å². The van der Waals surface area contributed by atoms with E-state index in [0.29, 0.717) is 11.8 Å². The number of hydrogen-bond acceptors (Lipinski definition) is 3. The van der Waals surface area contributed by atoms with Gasteiger partial charge in [-0.25, -0.2) is 0 Å². The van der Waals surface area contributed by atoms with Crippen LogP contribution in [-0.4, -0.2) is 29.6 Å². The molecule has 1 aliphatic rings. The molecular formula is C16H24N2OS. The average Bonchev–Trinajstić information content (AvgIpc) is 2.46. The fourth-order valence-electron chi connectivity index (χ4n) is 2.75. The molecule has 0 unspecified atom stereocenters. The number of anilines is 1. The topological polar surface area (TPSA) is 46.3 Å². The normalized spacial score (nSPS) is 16.1. The number of rotatable bonds is 4. The zero-order chi connectivity index (χ0) is 14.5. The van der Waals surface area contributed by atoms with Crippen molar-refractivity contribution in [1.29, 1.82) is 0 Å². The number of carbonyl (C=O) groups is 1. The minimum Gasteiger partial charge on any atom is -0.399 e. The molecular weight excluding hydrogens is 268 g/mol. The Hall–Kier alpha value is -1.16. The Kier molecular flexibility index (Phi) is 5.35. The van der Waals surface area contributed by atoms with E-state index in [1.807, 2.05) is 37.1 Å². The van der Waals surface area contributed by atoms with E-state index in [4.69, 9.17) is 5.73 Å². The van der Waals surface area contributed by atoms with Gasteiger partial charge in [-0.1, -0.05) is 19.3 Å². The largest absolute Gasteiger partial charge is 0.399 e. The number of amides is 1. The maximum Gasteiger partial charge on any atom is 0.232 e. The van der Waals surface area contributed by atoms with Gasteiger partial charge in [-0.05, 0) is 43.5 Å². The number of nitrogens with zero attached hydrogens (tertiary/aromatic N) is 1. The van der Waals surface area contributed by atoms with Gasteiger partial charge in [-0.3, -0.25) is 4.79 Å². The molecule has 2 N–H and O–H groups in total. The summed E-state index contributed by atoms with van der Waals surface area (Å²) in [6.07, 6.45) is 6.15. The predicted octanol–water partition coefficient (Wildman–Crippen LogP) is 3.46. The highest BCUT2D eigenvalue weighted by molar-refractivity contribution is 8.00. The third kappa shape index (κ3) is 3.92. The van der Waals surface area contributed by atoms with Crippen molar-refractivity contribution in [2.75, 3.05) is 18.5 Å². The van der Waals surface area contributed by atoms with Gasteiger partial charge in [0.2, 0.25) is 5.91 Å². The third-order valence-electron chi connectivity index (χ3n) is 4.07. The molecule has 0 atom stereocenters. The molecule has 0 aromatic heterocycles. The Labute approximate surface area is 125 Å². The first-order valence-electron chi connectivity index (χ1n) is 7.32. The Morgan fingerprint density at radius 3 is 2.70 bits per heavy atom. The fraction of sp³-hybridized carbons (Fsp3) is 0.562. The molecule has 0 saturated heterocycles. The Morgan fingerprint density at radius 2 is 2.05 bits per heavy atom. The number of nitrogen functional groups attached to an aromatic ring is 1. The van der Waals surface area contributed by atoms with Crippen LogP contribution in [0, 0.1) is 6.92 Å². The molecule has 4 heteroatoms. The van der Waals surface area contributed by atoms with Gasteiger partial charge in [0.05, 0.1) is 5.75 Å². The summed E-state index contributed by atoms with van der Waals surface area (Å²) in [7, 11) is 1.95. The highest BCUT2D eigenvalue weighted by Gasteiger charge is 2.21. The van der Waals surface area contributed by atoms with E-state index < -0.39 is 0 Å². The molecule has 0 radical (unpaired) electrons. The molecule has 1 amide bonds. The smallest absolute Gasteiger partial charge is 0.232 e. The average molecular weight is 292 g/mol. The quantitative estimate of drug-likeness (QED) is 0.683. The van der Waals surface area contributed by atoms with Gasteiger partial charge in [-0.15, -0.1) is 11.8 Å². The van der Waals surface area contributed by atoms with Gasteiger partial charge >= 0.3 is 0 Å². The summed E-state index contributed by atoms with van der Waals surface area (Å²) in [5.74, 6) is 0.746. The monoisotopic (exact) mass is 292 g/mol. The lowest BCUT2D eigenvalue weighted by Crippen LogP contribution is -2.39. The third-order valence-corrected chi connectivity index (χ3v) is 5.23. The van der Waals surface area contributed by atoms with Gasteiger partial charge in [0.15, 0.2) is 0 Å². The van der Waals surface area contributed by atoms with E-state index in [1.165, 1.54) is 19.3 Å². The van der Waals surface area contributed by atoms with Crippen molar-refractivity contribution >= 4 is 23.4 Å². The van der Waals surface area contributed by atoms with Crippen LogP contribution in [0.3, 0.4) is 0 Å². The molecule has 1 aromatic carbocycles. The van der Waals surface area contributed by atoms with Crippen LogP contribution in [0.15, 0.2) is 23.1 Å². The van der Waals surface area contributed by atoms with Crippen molar-refractivity contribution in [3.05, 3.63) is 23.8 Å². The van der Waals surface area contributed by atoms with Crippen LogP contribution >= 0.6 is 11.8 Å². The van der Waals surface area contributed by atoms with Gasteiger partial charge in [0.25, 0.3) is 0 Å². The van der Waals surface area contributed by atoms with Crippen LogP contribution in [-0.2, 0) is 4.79 Å². The summed E-state index contributed by atoms with van der Waals surface area (Å²) in [5.41, 5.74) is 7.66. The molecule has 0 heterocycles. The minimum absolute atomic E-state index is 0.234. The molecule has 2 rings (SSSR count). The zero-order valence-corrected chi connectivity index (χ0v) is 13.2. The lowest BCUT2D eigenvalue weighted by atomic mass is 9.94. The van der Waals surface area contributed by atoms with Crippen LogP contribution in [0.2, 0.25) is 0 Å². The predicted molar refractivity (Wildman–Crippen MR) is 86.0 cm³/mol. The van der Waals surface area contributed by atoms with Crippen molar-refractivity contribution in [3.8, 4) is 0 Å². The van der Waals surface area contributed by atoms with Crippen molar-refractivity contribution in [2.45, 2.75) is 50.0 Å². The molecule has 1 aromatic rings. The van der Waals surface area contributed by atoms with Crippen molar-refractivity contribution in [1.82, 2.24) is 4.90 Å². The van der Waals surface area contributed by atoms with E-state index in [0.717, 1.165) is 29.0 Å². The van der Waals surface area contributed by atoms with Gasteiger partial charge in [0.1, 0.15) is 0 Å². The molecule has 0 aliphatic heterocycles. The minimum atomic E-state index is 0.234. The molecule has 0 spiro atoms. The van der Waals surface area contributed by atoms with E-state index in [9.17, 15) is 4.79 Å². The SMILES string of the molecule is Cc1cc(N)ccc1SCC(=O)N(C)C1CCCCC1. The van der Waals surface area contributed by atoms with Crippen molar-refractivity contribution in [3.63, 3.8) is 0 Å². The number of aryl methyl sites for hydroxylation is 1. The van der Waals surface area contributed by atoms with Gasteiger partial charge in [0, 0.05) is 23.7 Å². The van der Waals surface area contributed by atoms with Crippen molar-refractivity contribution in [2.24, 2.45) is 0 Å². The number of hydrogen-bond donors (Lipinski definition) is 1. The lowest BCUT2D eigenvalue weighted by Gasteiger charge is -2.31. The Balaban J connectivity index is 1.87. The van der Waals surface area contributed by atoms with E-state index in [-0.39, 0.29) is 5.91 Å². The first kappa shape index (κ1) is 15.2. The van der Waals surface area contributed by atoms with Crippen LogP contribution in [0.1, 0.15) is 37.7 Å². The molecule has 1 fully saturated rings. The van der Waals surface area contributed by atoms with Crippen molar-refractivity contribution < 1.29 is 4.79 Å². The number of carbonyl (C=O) groups excluding carboxylic acids is 1. The fourth-order valence-corrected chi connectivity index (χ4v) is 3.68. The van der Waals surface area contributed by atoms with E-state index in [2.05, 4.69) is 0 Å². The molecule has 1 aliphatic carbocycles. The van der Waals surface area contributed by atoms with Crippen LogP contribution in [0.4, 0.5) is 5.69 Å². The van der Waals surface area contributed by atoms with Crippen LogP contribution in [0.5, 0.6) is 0 Å². The molecule has 20 heavy (non-hydrogen) atoms. The summed E-state index contributed by atoms with van der Waals surface area (Å²) in [6.45, 7) is 2.04. The summed E-state index contributed by atoms with van der Waals surface area (Å²) in [4.78, 5) is 15.4. The Bertz CT molecular complexity index is 470. The lowest BCUT2D eigenvalue weighted by molar-refractivity contribution is -0.129. The highest BCUT2D eigenvalue weighted by atomic mass is 32.2. The maximum absolute atomic E-state index is 12.3. The molecule has 1 saturated carbocycles. The molecule has 3 nitrogen and oxygen atoms in total. The first-order valence-corrected chi connectivity index (χ1v) is 8.31. The second-order valence-electron chi connectivity index (χ2n) is 5.61. The van der Waals surface area contributed by atoms with Crippen LogP contribution in [0.25, 0.3) is 0 Å². The van der Waals surface area contributed by atoms with E-state index in [1.54, 1.807) is 11.8 Å². The van der Waals surface area contributed by atoms with E-state index >= 15 is 0 Å². The van der Waals surface area contributed by atoms with Crippen LogP contribution < -0.4 is 5.73 Å². The number of nitrogens with two attached hydrogens (primary N) is 1. The summed E-state index contributed by atoms with van der Waals surface area (Å²) < 4.78 is 0. The summed E-state index contributed by atoms with van der Waals surface area (Å²) in [5, 5.41) is 0. The van der Waals surface area contributed by atoms with Gasteiger partial charge < -0.3 is 10.6 Å². The second-order valence-corrected chi connectivity index (χ2v) is 6.63. The second kappa shape index (κ2) is 7.02. The maximum atomic E-state index is 12.3.